The van der Waals surface area contributed by atoms with Crippen LogP contribution in [0.25, 0.3) is 11.1 Å². The third kappa shape index (κ3) is 4.33. The maximum atomic E-state index is 7.12. The molecule has 7 rings (SSSR count). The Kier molecular flexibility index (Phi) is 6.46. The highest BCUT2D eigenvalue weighted by Crippen LogP contribution is 2.48. The Hall–Kier alpha value is -3.85. The standard InChI is InChI=1S/C37H33ClN2/c1-26-33(18-11-19-36(26)39-32-20-21-32)27-22-28-24-40(25-34(28)35(38)23-27)37(29-12-5-2-6-13-29,30-14-7-3-8-15-30)31-16-9-4-10-17-31/h2-19,22-23,32,39H,20-21,24-25H2,1H3. The molecule has 1 heterocycles. The van der Waals surface area contributed by atoms with Crippen molar-refractivity contribution in [2.75, 3.05) is 5.32 Å². The average molecular weight is 541 g/mol. The molecule has 1 aliphatic carbocycles. The van der Waals surface area contributed by atoms with Crippen LogP contribution in [0.15, 0.2) is 121 Å². The Labute approximate surface area is 242 Å². The lowest BCUT2D eigenvalue weighted by Crippen LogP contribution is -2.45. The number of anilines is 1. The highest BCUT2D eigenvalue weighted by molar-refractivity contribution is 6.31. The van der Waals surface area contributed by atoms with Gasteiger partial charge in [0.05, 0.1) is 5.54 Å². The van der Waals surface area contributed by atoms with Crippen molar-refractivity contribution in [3.8, 4) is 11.1 Å². The minimum absolute atomic E-state index is 0.462. The number of nitrogens with one attached hydrogen (secondary N) is 1. The second-order valence-corrected chi connectivity index (χ2v) is 11.6. The van der Waals surface area contributed by atoms with Crippen molar-refractivity contribution in [1.29, 1.82) is 0 Å². The molecular formula is C37H33ClN2. The lowest BCUT2D eigenvalue weighted by Gasteiger charge is -2.43. The molecular weight excluding hydrogens is 508 g/mol. The SMILES string of the molecule is Cc1c(NC2CC2)cccc1-c1cc(Cl)c2c(c1)CN(C(c1ccccc1)(c1ccccc1)c1ccccc1)C2. The highest BCUT2D eigenvalue weighted by Gasteiger charge is 2.44. The maximum Gasteiger partial charge on any atom is 0.0978 e. The van der Waals surface area contributed by atoms with Gasteiger partial charge in [0, 0.05) is 29.8 Å². The number of benzene rings is 5. The zero-order valence-electron chi connectivity index (χ0n) is 22.8. The highest BCUT2D eigenvalue weighted by atomic mass is 35.5. The van der Waals surface area contributed by atoms with E-state index in [0.717, 1.165) is 18.1 Å². The Balaban J connectivity index is 1.36. The Morgan fingerprint density at radius 1 is 0.700 bits per heavy atom. The van der Waals surface area contributed by atoms with E-state index in [2.05, 4.69) is 138 Å². The van der Waals surface area contributed by atoms with Crippen LogP contribution in [0.3, 0.4) is 0 Å². The van der Waals surface area contributed by atoms with Gasteiger partial charge in [-0.15, -0.1) is 0 Å². The summed E-state index contributed by atoms with van der Waals surface area (Å²) in [5, 5.41) is 4.55. The van der Waals surface area contributed by atoms with Crippen LogP contribution >= 0.6 is 11.6 Å². The molecule has 0 saturated heterocycles. The van der Waals surface area contributed by atoms with Crippen molar-refractivity contribution >= 4 is 17.3 Å². The molecule has 0 atom stereocenters. The van der Waals surface area contributed by atoms with Gasteiger partial charge in [-0.3, -0.25) is 4.90 Å². The van der Waals surface area contributed by atoms with Crippen LogP contribution in [0.4, 0.5) is 5.69 Å². The predicted molar refractivity (Wildman–Crippen MR) is 167 cm³/mol. The molecule has 198 valence electrons. The van der Waals surface area contributed by atoms with Gasteiger partial charge in [0.15, 0.2) is 0 Å². The molecule has 1 N–H and O–H groups in total. The number of halogens is 1. The van der Waals surface area contributed by atoms with Crippen molar-refractivity contribution in [2.45, 2.75) is 44.4 Å². The van der Waals surface area contributed by atoms with Gasteiger partial charge < -0.3 is 5.32 Å². The largest absolute Gasteiger partial charge is 0.382 e. The van der Waals surface area contributed by atoms with Crippen LogP contribution in [0.2, 0.25) is 5.02 Å². The number of hydrogen-bond acceptors (Lipinski definition) is 2. The molecule has 0 amide bonds. The van der Waals surface area contributed by atoms with Crippen molar-refractivity contribution < 1.29 is 0 Å². The van der Waals surface area contributed by atoms with Gasteiger partial charge in [0.1, 0.15) is 0 Å². The van der Waals surface area contributed by atoms with Crippen LogP contribution in [-0.2, 0) is 18.6 Å². The summed E-state index contributed by atoms with van der Waals surface area (Å²) in [5.41, 5.74) is 10.8. The molecule has 0 unspecified atom stereocenters. The normalized spacial score (nSPS) is 15.2. The van der Waals surface area contributed by atoms with Crippen molar-refractivity contribution in [2.24, 2.45) is 0 Å². The second-order valence-electron chi connectivity index (χ2n) is 11.2. The van der Waals surface area contributed by atoms with Gasteiger partial charge >= 0.3 is 0 Å². The molecule has 3 heteroatoms. The van der Waals surface area contributed by atoms with E-state index in [1.807, 2.05) is 0 Å². The van der Waals surface area contributed by atoms with Crippen molar-refractivity contribution in [1.82, 2.24) is 4.90 Å². The topological polar surface area (TPSA) is 15.3 Å². The average Bonchev–Trinajstić information content (AvgIpc) is 3.71. The van der Waals surface area contributed by atoms with Crippen LogP contribution < -0.4 is 5.32 Å². The zero-order valence-corrected chi connectivity index (χ0v) is 23.5. The van der Waals surface area contributed by atoms with Crippen molar-refractivity contribution in [3.63, 3.8) is 0 Å². The summed E-state index contributed by atoms with van der Waals surface area (Å²) < 4.78 is 0. The molecule has 5 aromatic rings. The molecule has 5 aromatic carbocycles. The summed E-state index contributed by atoms with van der Waals surface area (Å²) in [5.74, 6) is 0. The number of fused-ring (bicyclic) bond motifs is 1. The third-order valence-corrected chi connectivity index (χ3v) is 8.97. The first-order chi connectivity index (χ1) is 19.6. The number of rotatable bonds is 7. The smallest absolute Gasteiger partial charge is 0.0978 e. The first-order valence-electron chi connectivity index (χ1n) is 14.2. The van der Waals surface area contributed by atoms with E-state index in [-0.39, 0.29) is 0 Å². The summed E-state index contributed by atoms with van der Waals surface area (Å²) in [6.45, 7) is 3.80. The minimum Gasteiger partial charge on any atom is -0.382 e. The fraction of sp³-hybridized carbons (Fsp3) is 0.189. The fourth-order valence-electron chi connectivity index (χ4n) is 6.49. The summed E-state index contributed by atoms with van der Waals surface area (Å²) in [6.07, 6.45) is 2.52. The van der Waals surface area contributed by atoms with E-state index in [4.69, 9.17) is 11.6 Å². The Morgan fingerprint density at radius 2 is 1.27 bits per heavy atom. The Morgan fingerprint density at radius 3 is 1.82 bits per heavy atom. The molecule has 1 fully saturated rings. The zero-order chi connectivity index (χ0) is 27.1. The van der Waals surface area contributed by atoms with Gasteiger partial charge in [-0.2, -0.15) is 0 Å². The molecule has 0 bridgehead atoms. The summed E-state index contributed by atoms with van der Waals surface area (Å²) in [7, 11) is 0. The van der Waals surface area contributed by atoms with Gasteiger partial charge in [-0.1, -0.05) is 115 Å². The van der Waals surface area contributed by atoms with Gasteiger partial charge in [-0.05, 0) is 82.5 Å². The summed E-state index contributed by atoms with van der Waals surface area (Å²) >= 11 is 7.12. The van der Waals surface area contributed by atoms with Gasteiger partial charge in [0.2, 0.25) is 0 Å². The quantitative estimate of drug-likeness (QED) is 0.207. The van der Waals surface area contributed by atoms with E-state index in [9.17, 15) is 0 Å². The molecule has 0 radical (unpaired) electrons. The molecule has 0 aromatic heterocycles. The summed E-state index contributed by atoms with van der Waals surface area (Å²) in [4.78, 5) is 2.60. The lowest BCUT2D eigenvalue weighted by atomic mass is 9.75. The van der Waals surface area contributed by atoms with Crippen LogP contribution in [0, 0.1) is 6.92 Å². The fourth-order valence-corrected chi connectivity index (χ4v) is 6.79. The number of hydrogen-bond donors (Lipinski definition) is 1. The van der Waals surface area contributed by atoms with Crippen LogP contribution in [-0.4, -0.2) is 10.9 Å². The molecule has 0 spiro atoms. The third-order valence-electron chi connectivity index (χ3n) is 8.63. The number of nitrogens with zero attached hydrogens (tertiary/aromatic N) is 1. The van der Waals surface area contributed by atoms with E-state index >= 15 is 0 Å². The minimum atomic E-state index is -0.462. The lowest BCUT2D eigenvalue weighted by molar-refractivity contribution is 0.157. The monoisotopic (exact) mass is 540 g/mol. The predicted octanol–water partition coefficient (Wildman–Crippen LogP) is 9.20. The Bertz CT molecular complexity index is 1550. The van der Waals surface area contributed by atoms with Crippen LogP contribution in [0.5, 0.6) is 0 Å². The van der Waals surface area contributed by atoms with E-state index in [1.165, 1.54) is 63.0 Å². The molecule has 2 nitrogen and oxygen atoms in total. The molecule has 40 heavy (non-hydrogen) atoms. The summed E-state index contributed by atoms with van der Waals surface area (Å²) in [6, 6.07) is 44.5. The van der Waals surface area contributed by atoms with Crippen LogP contribution in [0.1, 0.15) is 46.2 Å². The van der Waals surface area contributed by atoms with Crippen molar-refractivity contribution in [3.05, 3.63) is 160 Å². The molecule has 2 aliphatic rings. The first-order valence-corrected chi connectivity index (χ1v) is 14.6. The van der Waals surface area contributed by atoms with E-state index < -0.39 is 5.54 Å². The van der Waals surface area contributed by atoms with E-state index in [0.29, 0.717) is 6.04 Å². The second kappa shape index (κ2) is 10.3. The van der Waals surface area contributed by atoms with Gasteiger partial charge in [-0.25, -0.2) is 0 Å². The maximum absolute atomic E-state index is 7.12. The van der Waals surface area contributed by atoms with Gasteiger partial charge in [0.25, 0.3) is 0 Å². The first kappa shape index (κ1) is 25.1. The molecule has 1 saturated carbocycles. The van der Waals surface area contributed by atoms with E-state index in [1.54, 1.807) is 0 Å². The molecule has 1 aliphatic heterocycles.